The van der Waals surface area contributed by atoms with Crippen LogP contribution in [0.3, 0.4) is 0 Å². The van der Waals surface area contributed by atoms with Crippen LogP contribution in [0.2, 0.25) is 0 Å². The minimum absolute atomic E-state index is 0.0967. The number of hydrogen-bond acceptors (Lipinski definition) is 7. The summed E-state index contributed by atoms with van der Waals surface area (Å²) in [7, 11) is -4.29. The normalized spacial score (nSPS) is 13.9. The van der Waals surface area contributed by atoms with Gasteiger partial charge in [0.05, 0.1) is 19.8 Å². The van der Waals surface area contributed by atoms with Crippen molar-refractivity contribution in [2.24, 2.45) is 5.73 Å². The predicted octanol–water partition coefficient (Wildman–Crippen LogP) is 15.3. The summed E-state index contributed by atoms with van der Waals surface area (Å²) in [5, 5.41) is 0. The van der Waals surface area contributed by atoms with Crippen molar-refractivity contribution >= 4 is 13.8 Å². The lowest BCUT2D eigenvalue weighted by molar-refractivity contribution is -0.154. The third kappa shape index (κ3) is 47.3. The van der Waals surface area contributed by atoms with Crippen LogP contribution in [0.5, 0.6) is 0 Å². The van der Waals surface area contributed by atoms with Crippen LogP contribution in [-0.4, -0.2) is 49.9 Å². The Morgan fingerprint density at radius 3 is 1.40 bits per heavy atom. The van der Waals surface area contributed by atoms with E-state index in [-0.39, 0.29) is 32.3 Å². The van der Waals surface area contributed by atoms with Crippen LogP contribution in [0, 0.1) is 0 Å². The third-order valence-corrected chi connectivity index (χ3v) is 11.4. The van der Waals surface area contributed by atoms with Gasteiger partial charge >= 0.3 is 13.8 Å². The van der Waals surface area contributed by atoms with Crippen LogP contribution in [0.4, 0.5) is 0 Å². The Morgan fingerprint density at radius 2 is 0.933 bits per heavy atom. The molecule has 0 aliphatic carbocycles. The number of esters is 1. The second kappa shape index (κ2) is 48.2. The number of phosphoric ester groups is 1. The average Bonchev–Trinajstić information content (AvgIpc) is 3.24. The fourth-order valence-electron chi connectivity index (χ4n) is 6.81. The lowest BCUT2D eigenvalue weighted by Gasteiger charge is -2.20. The number of ether oxygens (including phenoxy) is 2. The number of nitrogens with two attached hydrogens (primary N) is 1. The highest BCUT2D eigenvalue weighted by molar-refractivity contribution is 7.47. The molecule has 2 atom stereocenters. The van der Waals surface area contributed by atoms with Crippen LogP contribution >= 0.6 is 7.82 Å². The Balaban J connectivity index is 3.96. The zero-order valence-corrected chi connectivity index (χ0v) is 39.8. The first kappa shape index (κ1) is 58.2. The van der Waals surface area contributed by atoms with E-state index in [1.807, 2.05) is 0 Å². The van der Waals surface area contributed by atoms with E-state index in [0.29, 0.717) is 13.0 Å². The largest absolute Gasteiger partial charge is 0.472 e. The quantitative estimate of drug-likeness (QED) is 0.0269. The molecule has 350 valence electrons. The van der Waals surface area contributed by atoms with E-state index in [2.05, 4.69) is 74.6 Å². The number of phosphoric acid groups is 1. The molecule has 0 aromatic heterocycles. The van der Waals surface area contributed by atoms with Crippen LogP contribution < -0.4 is 5.73 Å². The molecule has 3 N–H and O–H groups in total. The number of carbonyl (C=O) groups excluding carboxylic acids is 1. The maximum Gasteiger partial charge on any atom is 0.472 e. The van der Waals surface area contributed by atoms with Gasteiger partial charge in [-0.2, -0.15) is 0 Å². The molecular formula is C51H94NO7P. The highest BCUT2D eigenvalue weighted by Crippen LogP contribution is 2.43. The van der Waals surface area contributed by atoms with Gasteiger partial charge in [-0.05, 0) is 77.0 Å². The summed E-state index contributed by atoms with van der Waals surface area (Å²) in [5.74, 6) is -0.335. The molecule has 60 heavy (non-hydrogen) atoms. The lowest BCUT2D eigenvalue weighted by Crippen LogP contribution is -2.28. The predicted molar refractivity (Wildman–Crippen MR) is 256 cm³/mol. The molecule has 0 rings (SSSR count). The molecule has 0 aliphatic rings. The Kier molecular flexibility index (Phi) is 46.8. The second-order valence-corrected chi connectivity index (χ2v) is 17.7. The van der Waals surface area contributed by atoms with Crippen molar-refractivity contribution in [2.45, 2.75) is 225 Å². The molecule has 0 aliphatic heterocycles. The van der Waals surface area contributed by atoms with Gasteiger partial charge in [0.2, 0.25) is 0 Å². The summed E-state index contributed by atoms with van der Waals surface area (Å²) in [4.78, 5) is 22.6. The first-order valence-electron chi connectivity index (χ1n) is 24.8. The SMILES string of the molecule is CC/C=C\C/C=C\C/C=C\CCCCCCCCCCOCC(COP(=O)(O)OCCN)OC(=O)CCCCCCCCCCCCC/C=C\C/C=C\CCCCCCC. The van der Waals surface area contributed by atoms with Gasteiger partial charge < -0.3 is 20.1 Å². The topological polar surface area (TPSA) is 117 Å². The highest BCUT2D eigenvalue weighted by atomic mass is 31.2. The smallest absolute Gasteiger partial charge is 0.457 e. The van der Waals surface area contributed by atoms with Crippen molar-refractivity contribution in [3.63, 3.8) is 0 Å². The average molecular weight is 864 g/mol. The molecular weight excluding hydrogens is 770 g/mol. The minimum atomic E-state index is -4.29. The standard InChI is InChI=1S/C51H94NO7P/c1-3-5-7-9-11-13-15-17-19-21-23-24-25-26-27-28-30-32-34-36-38-40-42-44-51(53)59-50(49-58-60(54,55)57-47-45-52)48-56-46-43-41-39-37-35-33-31-29-22-20-18-16-14-12-10-8-6-4-2/h6,8,12,14-15,17-18,20-21,23,50H,3-5,7,9-11,13,16,19,22,24-49,52H2,1-2H3,(H,54,55)/b8-6-,14-12-,17-15-,20-18-,23-21-. The van der Waals surface area contributed by atoms with Crippen LogP contribution in [-0.2, 0) is 27.9 Å². The molecule has 0 bridgehead atoms. The lowest BCUT2D eigenvalue weighted by atomic mass is 10.0. The maximum atomic E-state index is 12.6. The monoisotopic (exact) mass is 864 g/mol. The maximum absolute atomic E-state index is 12.6. The van der Waals surface area contributed by atoms with Crippen molar-refractivity contribution in [1.29, 1.82) is 0 Å². The van der Waals surface area contributed by atoms with Gasteiger partial charge in [0.15, 0.2) is 0 Å². The summed E-state index contributed by atoms with van der Waals surface area (Å²) in [5.41, 5.74) is 5.38. The van der Waals surface area contributed by atoms with Gasteiger partial charge in [0.1, 0.15) is 6.10 Å². The zero-order valence-electron chi connectivity index (χ0n) is 38.9. The minimum Gasteiger partial charge on any atom is -0.457 e. The van der Waals surface area contributed by atoms with Crippen molar-refractivity contribution < 1.29 is 32.8 Å². The zero-order chi connectivity index (χ0) is 43.7. The van der Waals surface area contributed by atoms with E-state index in [4.69, 9.17) is 24.3 Å². The van der Waals surface area contributed by atoms with E-state index in [1.54, 1.807) is 0 Å². The summed E-state index contributed by atoms with van der Waals surface area (Å²) in [6, 6.07) is 0. The fraction of sp³-hybridized carbons (Fsp3) is 0.784. The van der Waals surface area contributed by atoms with Crippen LogP contribution in [0.25, 0.3) is 0 Å². The summed E-state index contributed by atoms with van der Waals surface area (Å²) < 4.78 is 33.6. The van der Waals surface area contributed by atoms with E-state index in [0.717, 1.165) is 64.2 Å². The van der Waals surface area contributed by atoms with E-state index >= 15 is 0 Å². The summed E-state index contributed by atoms with van der Waals surface area (Å²) >= 11 is 0. The van der Waals surface area contributed by atoms with Gasteiger partial charge in [-0.25, -0.2) is 4.57 Å². The highest BCUT2D eigenvalue weighted by Gasteiger charge is 2.25. The van der Waals surface area contributed by atoms with Crippen LogP contribution in [0.15, 0.2) is 60.8 Å². The van der Waals surface area contributed by atoms with Crippen molar-refractivity contribution in [1.82, 2.24) is 0 Å². The van der Waals surface area contributed by atoms with Gasteiger partial charge in [0, 0.05) is 19.6 Å². The number of allylic oxidation sites excluding steroid dienone is 10. The van der Waals surface area contributed by atoms with Crippen LogP contribution in [0.1, 0.15) is 219 Å². The van der Waals surface area contributed by atoms with Crippen molar-refractivity contribution in [2.75, 3.05) is 33.0 Å². The number of unbranched alkanes of at least 4 members (excludes halogenated alkanes) is 24. The molecule has 0 radical (unpaired) electrons. The molecule has 0 amide bonds. The Labute approximate surface area is 370 Å². The Morgan fingerprint density at radius 1 is 0.517 bits per heavy atom. The van der Waals surface area contributed by atoms with Crippen molar-refractivity contribution in [3.8, 4) is 0 Å². The molecule has 0 aromatic carbocycles. The first-order chi connectivity index (χ1) is 29.4. The molecule has 0 heterocycles. The van der Waals surface area contributed by atoms with Gasteiger partial charge in [-0.3, -0.25) is 13.8 Å². The number of hydrogen-bond donors (Lipinski definition) is 2. The summed E-state index contributed by atoms with van der Waals surface area (Å²) in [6.45, 7) is 4.80. The first-order valence-corrected chi connectivity index (χ1v) is 26.3. The molecule has 2 unspecified atom stereocenters. The number of carbonyl (C=O) groups is 1. The molecule has 8 nitrogen and oxygen atoms in total. The Bertz CT molecular complexity index is 1110. The van der Waals surface area contributed by atoms with Gasteiger partial charge in [0.25, 0.3) is 0 Å². The molecule has 9 heteroatoms. The molecule has 0 aromatic rings. The van der Waals surface area contributed by atoms with E-state index in [1.165, 1.54) is 135 Å². The third-order valence-electron chi connectivity index (χ3n) is 10.4. The second-order valence-electron chi connectivity index (χ2n) is 16.3. The number of rotatable bonds is 47. The van der Waals surface area contributed by atoms with Gasteiger partial charge in [-0.15, -0.1) is 0 Å². The van der Waals surface area contributed by atoms with Crippen molar-refractivity contribution in [3.05, 3.63) is 60.8 Å². The van der Waals surface area contributed by atoms with Gasteiger partial charge in [-0.1, -0.05) is 197 Å². The van der Waals surface area contributed by atoms with E-state index < -0.39 is 13.9 Å². The van der Waals surface area contributed by atoms with E-state index in [9.17, 15) is 14.3 Å². The summed E-state index contributed by atoms with van der Waals surface area (Å²) in [6.07, 6.45) is 59.6. The molecule has 0 saturated heterocycles. The fourth-order valence-corrected chi connectivity index (χ4v) is 7.57. The molecule has 0 saturated carbocycles. The molecule has 0 spiro atoms. The Hall–Kier alpha value is -1.80. The molecule has 0 fully saturated rings.